The van der Waals surface area contributed by atoms with Gasteiger partial charge in [0.15, 0.2) is 17.7 Å². The van der Waals surface area contributed by atoms with E-state index in [1.165, 1.54) is 17.1 Å². The zero-order valence-electron chi connectivity index (χ0n) is 22.3. The number of nitrogens with zero attached hydrogens (tertiary/aromatic N) is 6. The SMILES string of the molecule is CCCNC(=O)c1cn(C2CC=CC(OC3OC(CO)C(O)C(n4cc(C(=O)NCCC)nn4)C3O)C2O)nn1. The number of nitrogens with one attached hydrogen (secondary N) is 2. The molecular formula is C24H36N8O8. The highest BCUT2D eigenvalue weighted by Crippen LogP contribution is 2.33. The summed E-state index contributed by atoms with van der Waals surface area (Å²) in [6.07, 6.45) is 0.272. The lowest BCUT2D eigenvalue weighted by molar-refractivity contribution is -0.301. The van der Waals surface area contributed by atoms with Crippen LogP contribution in [-0.2, 0) is 9.47 Å². The van der Waals surface area contributed by atoms with Crippen molar-refractivity contribution in [3.05, 3.63) is 35.9 Å². The summed E-state index contributed by atoms with van der Waals surface area (Å²) in [4.78, 5) is 24.5. The Balaban J connectivity index is 1.48. The minimum Gasteiger partial charge on any atom is -0.394 e. The maximum Gasteiger partial charge on any atom is 0.273 e. The number of aliphatic hydroxyl groups is 4. The van der Waals surface area contributed by atoms with Gasteiger partial charge in [0.25, 0.3) is 11.8 Å². The maximum atomic E-state index is 12.3. The minimum atomic E-state index is -1.52. The van der Waals surface area contributed by atoms with E-state index in [9.17, 15) is 30.0 Å². The Hall–Kier alpha value is -3.28. The molecule has 2 aromatic heterocycles. The highest BCUT2D eigenvalue weighted by molar-refractivity contribution is 5.92. The van der Waals surface area contributed by atoms with Crippen LogP contribution in [0.4, 0.5) is 0 Å². The Morgan fingerprint density at radius 1 is 0.975 bits per heavy atom. The first kappa shape index (κ1) is 29.7. The maximum absolute atomic E-state index is 12.3. The highest BCUT2D eigenvalue weighted by Gasteiger charge is 2.48. The van der Waals surface area contributed by atoms with Crippen LogP contribution in [0.3, 0.4) is 0 Å². The standard InChI is InChI=1S/C24H36N8O8/c1-3-8-25-22(37)13-10-31(29-27-13)15-6-5-7-16(19(15)34)39-24-21(36)18(20(35)17(12-33)40-24)32-11-14(28-30-32)23(38)26-9-4-2/h5,7,10-11,15-21,24,33-36H,3-4,6,8-9,12H2,1-2H3,(H,25,37)(H,26,38). The average molecular weight is 565 g/mol. The molecule has 0 spiro atoms. The van der Waals surface area contributed by atoms with Gasteiger partial charge in [-0.25, -0.2) is 9.36 Å². The molecule has 2 amide bonds. The van der Waals surface area contributed by atoms with Gasteiger partial charge in [0.2, 0.25) is 0 Å². The van der Waals surface area contributed by atoms with Gasteiger partial charge in [-0.3, -0.25) is 9.59 Å². The van der Waals surface area contributed by atoms with E-state index in [4.69, 9.17) is 9.47 Å². The van der Waals surface area contributed by atoms with E-state index in [1.54, 1.807) is 12.2 Å². The fourth-order valence-corrected chi connectivity index (χ4v) is 4.59. The molecule has 2 aliphatic rings. The van der Waals surface area contributed by atoms with Gasteiger partial charge in [0.05, 0.1) is 25.0 Å². The van der Waals surface area contributed by atoms with Crippen LogP contribution in [0.15, 0.2) is 24.5 Å². The van der Waals surface area contributed by atoms with Gasteiger partial charge in [0, 0.05) is 13.1 Å². The van der Waals surface area contributed by atoms with Crippen LogP contribution in [-0.4, -0.2) is 119 Å². The van der Waals surface area contributed by atoms with Crippen molar-refractivity contribution in [2.75, 3.05) is 19.7 Å². The molecule has 4 rings (SSSR count). The molecule has 220 valence electrons. The van der Waals surface area contributed by atoms with Gasteiger partial charge in [-0.2, -0.15) is 0 Å². The quantitative estimate of drug-likeness (QED) is 0.165. The zero-order valence-corrected chi connectivity index (χ0v) is 22.3. The largest absolute Gasteiger partial charge is 0.394 e. The molecule has 1 saturated heterocycles. The lowest BCUT2D eigenvalue weighted by Gasteiger charge is -2.43. The first-order chi connectivity index (χ1) is 19.3. The van der Waals surface area contributed by atoms with Crippen molar-refractivity contribution in [3.8, 4) is 0 Å². The van der Waals surface area contributed by atoms with E-state index in [0.29, 0.717) is 19.5 Å². The number of hydrogen-bond acceptors (Lipinski definition) is 12. The zero-order chi connectivity index (χ0) is 28.8. The normalized spacial score (nSPS) is 30.2. The van der Waals surface area contributed by atoms with Crippen LogP contribution in [0.1, 0.15) is 66.2 Å². The van der Waals surface area contributed by atoms with Crippen molar-refractivity contribution >= 4 is 11.8 Å². The second-order valence-corrected chi connectivity index (χ2v) is 9.70. The summed E-state index contributed by atoms with van der Waals surface area (Å²) in [7, 11) is 0. The van der Waals surface area contributed by atoms with Gasteiger partial charge in [-0.1, -0.05) is 36.4 Å². The lowest BCUT2D eigenvalue weighted by Crippen LogP contribution is -2.58. The minimum absolute atomic E-state index is 0.0126. The Kier molecular flexibility index (Phi) is 9.94. The molecule has 6 N–H and O–H groups in total. The van der Waals surface area contributed by atoms with Crippen LogP contribution >= 0.6 is 0 Å². The van der Waals surface area contributed by atoms with Crippen molar-refractivity contribution in [1.29, 1.82) is 0 Å². The summed E-state index contributed by atoms with van der Waals surface area (Å²) in [6, 6.07) is -1.82. The molecule has 3 heterocycles. The number of amides is 2. The van der Waals surface area contributed by atoms with Crippen LogP contribution in [0.25, 0.3) is 0 Å². The highest BCUT2D eigenvalue weighted by atomic mass is 16.7. The van der Waals surface area contributed by atoms with Crippen LogP contribution < -0.4 is 10.6 Å². The smallest absolute Gasteiger partial charge is 0.273 e. The molecule has 1 aliphatic carbocycles. The fourth-order valence-electron chi connectivity index (χ4n) is 4.59. The van der Waals surface area contributed by atoms with Crippen LogP contribution in [0.5, 0.6) is 0 Å². The summed E-state index contributed by atoms with van der Waals surface area (Å²) in [6.45, 7) is 4.16. The molecule has 0 saturated carbocycles. The fraction of sp³-hybridized carbons (Fsp3) is 0.667. The van der Waals surface area contributed by atoms with Crippen molar-refractivity contribution in [2.45, 2.75) is 82.0 Å². The number of allylic oxidation sites excluding steroid dienone is 1. The molecular weight excluding hydrogens is 528 g/mol. The van der Waals surface area contributed by atoms with E-state index in [2.05, 4.69) is 31.3 Å². The first-order valence-electron chi connectivity index (χ1n) is 13.3. The Labute approximate surface area is 230 Å². The monoisotopic (exact) mass is 564 g/mol. The third kappa shape index (κ3) is 6.37. The Morgan fingerprint density at radius 2 is 1.57 bits per heavy atom. The van der Waals surface area contributed by atoms with Crippen molar-refractivity contribution in [1.82, 2.24) is 40.6 Å². The Bertz CT molecular complexity index is 1170. The molecule has 0 bridgehead atoms. The molecule has 1 aliphatic heterocycles. The van der Waals surface area contributed by atoms with E-state index < -0.39 is 61.4 Å². The molecule has 8 atom stereocenters. The van der Waals surface area contributed by atoms with Crippen molar-refractivity contribution in [2.24, 2.45) is 0 Å². The second kappa shape index (κ2) is 13.4. The predicted molar refractivity (Wildman–Crippen MR) is 136 cm³/mol. The topological polar surface area (TPSA) is 219 Å². The van der Waals surface area contributed by atoms with Gasteiger partial charge in [-0.05, 0) is 19.3 Å². The molecule has 0 aromatic carbocycles. The molecule has 16 heteroatoms. The van der Waals surface area contributed by atoms with Crippen LogP contribution in [0.2, 0.25) is 0 Å². The number of aromatic nitrogens is 6. The summed E-state index contributed by atoms with van der Waals surface area (Å²) in [5, 5.41) is 63.9. The molecule has 40 heavy (non-hydrogen) atoms. The Morgan fingerprint density at radius 3 is 2.17 bits per heavy atom. The van der Waals surface area contributed by atoms with Gasteiger partial charge in [-0.15, -0.1) is 10.2 Å². The van der Waals surface area contributed by atoms with Gasteiger partial charge < -0.3 is 40.5 Å². The van der Waals surface area contributed by atoms with E-state index in [1.807, 2.05) is 13.8 Å². The second-order valence-electron chi connectivity index (χ2n) is 9.70. The molecule has 0 radical (unpaired) electrons. The summed E-state index contributed by atoms with van der Waals surface area (Å²) in [5.41, 5.74) is 0.0957. The van der Waals surface area contributed by atoms with Gasteiger partial charge >= 0.3 is 0 Å². The molecule has 2 aromatic rings. The van der Waals surface area contributed by atoms with E-state index >= 15 is 0 Å². The van der Waals surface area contributed by atoms with E-state index in [0.717, 1.165) is 17.5 Å². The number of ether oxygens (including phenoxy) is 2. The predicted octanol–water partition coefficient (Wildman–Crippen LogP) is -1.92. The third-order valence-electron chi connectivity index (χ3n) is 6.78. The molecule has 8 unspecified atom stereocenters. The molecule has 16 nitrogen and oxygen atoms in total. The average Bonchev–Trinajstić information content (AvgIpc) is 3.64. The number of aliphatic hydroxyl groups excluding tert-OH is 4. The lowest BCUT2D eigenvalue weighted by atomic mass is 9.94. The molecule has 1 fully saturated rings. The summed E-state index contributed by atoms with van der Waals surface area (Å²) >= 11 is 0. The first-order valence-corrected chi connectivity index (χ1v) is 13.3. The van der Waals surface area contributed by atoms with Crippen molar-refractivity contribution in [3.63, 3.8) is 0 Å². The number of hydrogen-bond donors (Lipinski definition) is 6. The number of carbonyl (C=O) groups excluding carboxylic acids is 2. The summed E-state index contributed by atoms with van der Waals surface area (Å²) < 4.78 is 14.1. The van der Waals surface area contributed by atoms with Crippen molar-refractivity contribution < 1.29 is 39.5 Å². The number of carbonyl (C=O) groups is 2. The third-order valence-corrected chi connectivity index (χ3v) is 6.78. The van der Waals surface area contributed by atoms with Gasteiger partial charge in [0.1, 0.15) is 36.6 Å². The summed E-state index contributed by atoms with van der Waals surface area (Å²) in [5.74, 6) is -0.838. The number of rotatable bonds is 11. The van der Waals surface area contributed by atoms with E-state index in [-0.39, 0.29) is 17.3 Å². The van der Waals surface area contributed by atoms with Crippen LogP contribution in [0, 0.1) is 0 Å².